The Morgan fingerprint density at radius 3 is 2.52 bits per heavy atom. The summed E-state index contributed by atoms with van der Waals surface area (Å²) >= 11 is 0. The van der Waals surface area contributed by atoms with Gasteiger partial charge in [-0.2, -0.15) is 4.31 Å². The zero-order valence-corrected chi connectivity index (χ0v) is 29.1. The number of sulfonamides is 1. The summed E-state index contributed by atoms with van der Waals surface area (Å²) in [6.07, 6.45) is -3.33. The smallest absolute Gasteiger partial charge is 0.407 e. The molecule has 2 heterocycles. The first-order chi connectivity index (χ1) is 22.7. The summed E-state index contributed by atoms with van der Waals surface area (Å²) in [4.78, 5) is 26.0. The van der Waals surface area contributed by atoms with Crippen molar-refractivity contribution in [3.8, 4) is 5.75 Å². The number of benzene rings is 2. The minimum atomic E-state index is -4.25. The van der Waals surface area contributed by atoms with E-state index in [0.29, 0.717) is 25.2 Å². The van der Waals surface area contributed by atoms with Crippen LogP contribution in [0.25, 0.3) is 0 Å². The van der Waals surface area contributed by atoms with Crippen molar-refractivity contribution in [2.75, 3.05) is 40.0 Å². The first-order valence-electron chi connectivity index (χ1n) is 16.2. The van der Waals surface area contributed by atoms with Crippen LogP contribution in [-0.2, 0) is 30.7 Å². The predicted molar refractivity (Wildman–Crippen MR) is 175 cm³/mol. The molecule has 0 aromatic heterocycles. The van der Waals surface area contributed by atoms with Gasteiger partial charge < -0.3 is 44.2 Å². The normalized spacial score (nSPS) is 20.7. The van der Waals surface area contributed by atoms with E-state index in [4.69, 9.17) is 18.9 Å². The molecule has 13 nitrogen and oxygen atoms in total. The number of aliphatic hydroxyl groups excluding tert-OH is 1. The van der Waals surface area contributed by atoms with E-state index >= 15 is 0 Å². The van der Waals surface area contributed by atoms with Crippen molar-refractivity contribution in [2.45, 2.75) is 82.4 Å². The van der Waals surface area contributed by atoms with Gasteiger partial charge in [0.2, 0.25) is 10.0 Å². The Labute approximate surface area is 283 Å². The summed E-state index contributed by atoms with van der Waals surface area (Å²) in [6.45, 7) is 7.41. The molecular formula is C34H48N3O10S-. The van der Waals surface area contributed by atoms with Gasteiger partial charge in [0.05, 0.1) is 49.5 Å². The Morgan fingerprint density at radius 2 is 1.85 bits per heavy atom. The fourth-order valence-corrected chi connectivity index (χ4v) is 8.01. The third-order valence-corrected chi connectivity index (χ3v) is 10.6. The predicted octanol–water partition coefficient (Wildman–Crippen LogP) is 2.62. The van der Waals surface area contributed by atoms with Crippen molar-refractivity contribution in [1.82, 2.24) is 14.5 Å². The lowest BCUT2D eigenvalue weighted by atomic mass is 9.89. The van der Waals surface area contributed by atoms with Crippen LogP contribution in [0.2, 0.25) is 0 Å². The van der Waals surface area contributed by atoms with Gasteiger partial charge in [0, 0.05) is 31.6 Å². The SMILES string of the molecule is COc1cccc(S(=O)(=O)N(C[C@@H](O)[C@H](Cc2ccccc2)N(C(=O)[O-])[C@H]2CO[C@H]3OCC[C@H]32)CC(C)(C)CCNC(=O)OC(C)C)c1. The third kappa shape index (κ3) is 9.59. The van der Waals surface area contributed by atoms with Crippen LogP contribution in [0.3, 0.4) is 0 Å². The zero-order chi connectivity index (χ0) is 35.1. The van der Waals surface area contributed by atoms with Crippen LogP contribution in [0, 0.1) is 11.3 Å². The van der Waals surface area contributed by atoms with Crippen molar-refractivity contribution in [1.29, 1.82) is 0 Å². The summed E-state index contributed by atoms with van der Waals surface area (Å²) in [5.74, 6) is 0.0853. The van der Waals surface area contributed by atoms with Gasteiger partial charge in [0.15, 0.2) is 6.29 Å². The Morgan fingerprint density at radius 1 is 1.12 bits per heavy atom. The topological polar surface area (TPSA) is 167 Å². The molecule has 2 aliphatic rings. The van der Waals surface area contributed by atoms with Crippen molar-refractivity contribution in [2.24, 2.45) is 11.3 Å². The molecular weight excluding hydrogens is 642 g/mol. The Balaban J connectivity index is 1.66. The van der Waals surface area contributed by atoms with E-state index in [0.717, 1.165) is 10.5 Å². The lowest BCUT2D eigenvalue weighted by molar-refractivity contribution is -0.273. The number of carboxylic acid groups (broad SMARTS) is 1. The maximum absolute atomic E-state index is 14.3. The molecule has 266 valence electrons. The molecule has 4 rings (SSSR count). The van der Waals surface area contributed by atoms with Gasteiger partial charge in [-0.25, -0.2) is 13.2 Å². The number of nitrogens with zero attached hydrogens (tertiary/aromatic N) is 2. The van der Waals surface area contributed by atoms with Gasteiger partial charge in [-0.05, 0) is 56.2 Å². The highest BCUT2D eigenvalue weighted by Crippen LogP contribution is 2.36. The fourth-order valence-electron chi connectivity index (χ4n) is 6.32. The van der Waals surface area contributed by atoms with Gasteiger partial charge >= 0.3 is 6.09 Å². The van der Waals surface area contributed by atoms with Crippen molar-refractivity contribution < 1.29 is 47.2 Å². The largest absolute Gasteiger partial charge is 0.530 e. The van der Waals surface area contributed by atoms with E-state index in [-0.39, 0.29) is 43.0 Å². The third-order valence-electron chi connectivity index (χ3n) is 8.75. The Hall–Kier alpha value is -3.43. The fraction of sp³-hybridized carbons (Fsp3) is 0.588. The minimum Gasteiger partial charge on any atom is -0.530 e. The maximum atomic E-state index is 14.3. The first kappa shape index (κ1) is 37.4. The second-order valence-corrected chi connectivity index (χ2v) is 15.3. The molecule has 0 radical (unpaired) electrons. The average molecular weight is 691 g/mol. The molecule has 2 aliphatic heterocycles. The van der Waals surface area contributed by atoms with Crippen LogP contribution in [0.15, 0.2) is 59.5 Å². The molecule has 2 aromatic carbocycles. The molecule has 2 amide bonds. The lowest BCUT2D eigenvalue weighted by Crippen LogP contribution is -2.61. The summed E-state index contributed by atoms with van der Waals surface area (Å²) in [5, 5.41) is 27.6. The molecule has 0 saturated carbocycles. The summed E-state index contributed by atoms with van der Waals surface area (Å²) in [5.41, 5.74) is 0.0563. The van der Waals surface area contributed by atoms with Crippen molar-refractivity contribution in [3.63, 3.8) is 0 Å². The Kier molecular flexibility index (Phi) is 12.7. The molecule has 2 fully saturated rings. The molecule has 2 N–H and O–H groups in total. The summed E-state index contributed by atoms with van der Waals surface area (Å²) < 4.78 is 51.6. The van der Waals surface area contributed by atoms with E-state index in [1.54, 1.807) is 26.0 Å². The zero-order valence-electron chi connectivity index (χ0n) is 28.2. The lowest BCUT2D eigenvalue weighted by Gasteiger charge is -2.43. The quantitative estimate of drug-likeness (QED) is 0.267. The second kappa shape index (κ2) is 16.3. The van der Waals surface area contributed by atoms with Gasteiger partial charge in [-0.3, -0.25) is 0 Å². The molecule has 0 unspecified atom stereocenters. The number of alkyl carbamates (subject to hydrolysis) is 1. The number of amides is 2. The monoisotopic (exact) mass is 690 g/mol. The minimum absolute atomic E-state index is 0.0463. The van der Waals surface area contributed by atoms with Crippen molar-refractivity contribution >= 4 is 22.2 Å². The van der Waals surface area contributed by atoms with Gasteiger partial charge in [0.25, 0.3) is 0 Å². The first-order valence-corrected chi connectivity index (χ1v) is 17.7. The number of hydrogen-bond acceptors (Lipinski definition) is 10. The van der Waals surface area contributed by atoms with Gasteiger partial charge in [-0.15, -0.1) is 0 Å². The highest BCUT2D eigenvalue weighted by atomic mass is 32.2. The Bertz CT molecular complexity index is 1470. The average Bonchev–Trinajstić information content (AvgIpc) is 3.65. The van der Waals surface area contributed by atoms with Gasteiger partial charge in [-0.1, -0.05) is 50.2 Å². The molecule has 14 heteroatoms. The van der Waals surface area contributed by atoms with E-state index in [2.05, 4.69) is 5.32 Å². The molecule has 0 spiro atoms. The van der Waals surface area contributed by atoms with E-state index in [1.165, 1.54) is 23.5 Å². The number of aliphatic hydroxyl groups is 1. The number of hydrogen-bond donors (Lipinski definition) is 2. The highest BCUT2D eigenvalue weighted by molar-refractivity contribution is 7.89. The number of methoxy groups -OCH3 is 1. The molecule has 48 heavy (non-hydrogen) atoms. The highest BCUT2D eigenvalue weighted by Gasteiger charge is 2.47. The number of carbonyl (C=O) groups is 2. The number of fused-ring (bicyclic) bond motifs is 1. The summed E-state index contributed by atoms with van der Waals surface area (Å²) in [7, 11) is -2.82. The van der Waals surface area contributed by atoms with E-state index in [1.807, 2.05) is 44.2 Å². The molecule has 0 bridgehead atoms. The van der Waals surface area contributed by atoms with Crippen molar-refractivity contribution in [3.05, 3.63) is 60.2 Å². The standard InChI is InChI=1S/C34H49N3O10S/c1-23(2)47-32(39)35-16-15-34(3,4)22-36(48(42,43)26-13-9-12-25(19-26)44-5)20-30(38)28(18-24-10-7-6-8-11-24)37(33(40)41)29-21-46-31-27(29)14-17-45-31/h6-13,19,23,27-31,38H,14-18,20-22H2,1-5H3,(H,35,39)(H,40,41)/p-1/t27-,28-,29-,30+,31+/m0/s1. The number of nitrogens with one attached hydrogen (secondary N) is 1. The van der Waals surface area contributed by atoms with E-state index in [9.17, 15) is 28.2 Å². The molecule has 5 atom stereocenters. The summed E-state index contributed by atoms with van der Waals surface area (Å²) in [6, 6.07) is 13.4. The van der Waals surface area contributed by atoms with Crippen LogP contribution in [0.5, 0.6) is 5.75 Å². The number of rotatable bonds is 16. The second-order valence-electron chi connectivity index (χ2n) is 13.4. The van der Waals surface area contributed by atoms with Crippen LogP contribution in [0.1, 0.15) is 46.1 Å². The van der Waals surface area contributed by atoms with Crippen LogP contribution >= 0.6 is 0 Å². The number of carbonyl (C=O) groups excluding carboxylic acids is 2. The van der Waals surface area contributed by atoms with Crippen LogP contribution in [-0.4, -0.2) is 105 Å². The van der Waals surface area contributed by atoms with Gasteiger partial charge in [0.1, 0.15) is 11.8 Å². The maximum Gasteiger partial charge on any atom is 0.407 e. The van der Waals surface area contributed by atoms with Crippen LogP contribution in [0.4, 0.5) is 9.59 Å². The van der Waals surface area contributed by atoms with E-state index < -0.39 is 58.6 Å². The van der Waals surface area contributed by atoms with Crippen LogP contribution < -0.4 is 15.2 Å². The number of ether oxygens (including phenoxy) is 4. The molecule has 0 aliphatic carbocycles. The molecule has 2 aromatic rings. The molecule has 2 saturated heterocycles.